The van der Waals surface area contributed by atoms with Crippen LogP contribution in [0.5, 0.6) is 0 Å². The van der Waals surface area contributed by atoms with E-state index >= 15 is 0 Å². The van der Waals surface area contributed by atoms with E-state index in [0.717, 1.165) is 43.4 Å². The predicted molar refractivity (Wildman–Crippen MR) is 111 cm³/mol. The summed E-state index contributed by atoms with van der Waals surface area (Å²) >= 11 is 0. The van der Waals surface area contributed by atoms with Gasteiger partial charge in [-0.1, -0.05) is 0 Å². The standard InChI is InChI=1S/C23H27N5O2/c29-20(17-6-18(26-11-17)16-1-2-16)27-22-7-14-5-15(8-22)10-23(9-14,13-22)28-21(30)19-12-24-3-4-25-19/h3-4,6,12,14-16H,1-2,5,7-11,13H2,(H,27,29)(H,28,30). The fraction of sp³-hybridized carbons (Fsp3) is 0.609. The zero-order chi connectivity index (χ0) is 20.3. The van der Waals surface area contributed by atoms with Gasteiger partial charge in [0.2, 0.25) is 5.91 Å². The number of nitrogens with zero attached hydrogens (tertiary/aromatic N) is 3. The summed E-state index contributed by atoms with van der Waals surface area (Å²) in [5.41, 5.74) is 1.78. The second-order valence-corrected chi connectivity index (χ2v) is 10.2. The van der Waals surface area contributed by atoms with E-state index in [9.17, 15) is 9.59 Å². The van der Waals surface area contributed by atoms with Gasteiger partial charge < -0.3 is 10.6 Å². The molecule has 30 heavy (non-hydrogen) atoms. The van der Waals surface area contributed by atoms with Crippen molar-refractivity contribution in [3.8, 4) is 0 Å². The van der Waals surface area contributed by atoms with Crippen molar-refractivity contribution in [2.75, 3.05) is 6.54 Å². The average Bonchev–Trinajstić information content (AvgIpc) is 3.43. The molecule has 0 aromatic carbocycles. The Morgan fingerprint density at radius 1 is 0.967 bits per heavy atom. The highest BCUT2D eigenvalue weighted by molar-refractivity contribution is 6.08. The maximum Gasteiger partial charge on any atom is 0.271 e. The van der Waals surface area contributed by atoms with E-state index in [1.54, 1.807) is 12.4 Å². The van der Waals surface area contributed by atoms with Gasteiger partial charge in [0.25, 0.3) is 5.91 Å². The molecular formula is C23H27N5O2. The molecule has 156 valence electrons. The zero-order valence-electron chi connectivity index (χ0n) is 17.1. The topological polar surface area (TPSA) is 96.3 Å². The van der Waals surface area contributed by atoms with Gasteiger partial charge in [0, 0.05) is 40.7 Å². The Morgan fingerprint density at radius 3 is 2.30 bits per heavy atom. The van der Waals surface area contributed by atoms with E-state index in [1.807, 2.05) is 6.08 Å². The quantitative estimate of drug-likeness (QED) is 0.785. The van der Waals surface area contributed by atoms with Crippen LogP contribution in [0.4, 0.5) is 0 Å². The molecule has 5 aliphatic carbocycles. The van der Waals surface area contributed by atoms with Gasteiger partial charge >= 0.3 is 0 Å². The minimum Gasteiger partial charge on any atom is -0.347 e. The molecule has 5 fully saturated rings. The summed E-state index contributed by atoms with van der Waals surface area (Å²) in [6.07, 6.45) is 15.1. The summed E-state index contributed by atoms with van der Waals surface area (Å²) in [7, 11) is 0. The van der Waals surface area contributed by atoms with Crippen LogP contribution < -0.4 is 10.6 Å². The average molecular weight is 406 g/mol. The number of nitrogens with one attached hydrogen (secondary N) is 2. The van der Waals surface area contributed by atoms with Crippen LogP contribution in [0, 0.1) is 17.8 Å². The number of carbonyl (C=O) groups excluding carboxylic acids is 2. The minimum absolute atomic E-state index is 0.0340. The van der Waals surface area contributed by atoms with Crippen LogP contribution in [0.15, 0.2) is 35.2 Å². The van der Waals surface area contributed by atoms with Crippen molar-refractivity contribution in [3.63, 3.8) is 0 Å². The van der Waals surface area contributed by atoms with Crippen molar-refractivity contribution in [1.82, 2.24) is 20.6 Å². The third-order valence-electron chi connectivity index (χ3n) is 7.66. The lowest BCUT2D eigenvalue weighted by Crippen LogP contribution is -2.70. The number of rotatable bonds is 5. The highest BCUT2D eigenvalue weighted by Crippen LogP contribution is 2.57. The van der Waals surface area contributed by atoms with Crippen LogP contribution in [0.1, 0.15) is 61.9 Å². The largest absolute Gasteiger partial charge is 0.347 e. The van der Waals surface area contributed by atoms with E-state index in [0.29, 0.717) is 30.0 Å². The van der Waals surface area contributed by atoms with Crippen molar-refractivity contribution in [2.45, 2.75) is 62.4 Å². The zero-order valence-corrected chi connectivity index (χ0v) is 17.1. The number of hydrogen-bond acceptors (Lipinski definition) is 5. The molecule has 2 N–H and O–H groups in total. The van der Waals surface area contributed by atoms with Gasteiger partial charge in [0.1, 0.15) is 5.69 Å². The number of allylic oxidation sites excluding steroid dienone is 1. The molecule has 1 aliphatic heterocycles. The fourth-order valence-electron chi connectivity index (χ4n) is 6.81. The Balaban J connectivity index is 1.20. The van der Waals surface area contributed by atoms with Crippen molar-refractivity contribution >= 4 is 17.5 Å². The van der Waals surface area contributed by atoms with Crippen molar-refractivity contribution < 1.29 is 9.59 Å². The molecule has 2 heterocycles. The number of hydrogen-bond donors (Lipinski definition) is 2. The van der Waals surface area contributed by atoms with Gasteiger partial charge in [-0.05, 0) is 69.3 Å². The number of carbonyl (C=O) groups is 2. The SMILES string of the molecule is O=C(NC12CC3CC(C1)CC(NC(=O)c1cnccn1)(C3)C2)C1=CC(C2CC2)=NC1. The van der Waals surface area contributed by atoms with Gasteiger partial charge in [-0.2, -0.15) is 0 Å². The summed E-state index contributed by atoms with van der Waals surface area (Å²) in [4.78, 5) is 38.7. The lowest BCUT2D eigenvalue weighted by Gasteiger charge is -2.62. The predicted octanol–water partition coefficient (Wildman–Crippen LogP) is 2.20. The molecular weight excluding hydrogens is 378 g/mol. The molecule has 7 nitrogen and oxygen atoms in total. The smallest absolute Gasteiger partial charge is 0.271 e. The highest BCUT2D eigenvalue weighted by Gasteiger charge is 2.59. The first-order chi connectivity index (χ1) is 14.5. The van der Waals surface area contributed by atoms with Gasteiger partial charge in [0.15, 0.2) is 0 Å². The molecule has 0 radical (unpaired) electrons. The second kappa shape index (κ2) is 6.46. The van der Waals surface area contributed by atoms with Crippen LogP contribution in [0.3, 0.4) is 0 Å². The van der Waals surface area contributed by atoms with Gasteiger partial charge in [-0.25, -0.2) is 4.98 Å². The Hall–Kier alpha value is -2.57. The molecule has 6 aliphatic rings. The third kappa shape index (κ3) is 3.15. The summed E-state index contributed by atoms with van der Waals surface area (Å²) < 4.78 is 0. The first kappa shape index (κ1) is 18.2. The van der Waals surface area contributed by atoms with E-state index in [4.69, 9.17) is 0 Å². The monoisotopic (exact) mass is 405 g/mol. The molecule has 7 heteroatoms. The molecule has 0 spiro atoms. The van der Waals surface area contributed by atoms with Crippen molar-refractivity contribution in [2.24, 2.45) is 22.7 Å². The molecule has 2 atom stereocenters. The normalized spacial score (nSPS) is 36.3. The Kier molecular flexibility index (Phi) is 3.92. The summed E-state index contributed by atoms with van der Waals surface area (Å²) in [6, 6.07) is 0. The summed E-state index contributed by atoms with van der Waals surface area (Å²) in [5.74, 6) is 1.54. The number of aliphatic imine (C=N–C) groups is 1. The maximum absolute atomic E-state index is 13.1. The summed E-state index contributed by atoms with van der Waals surface area (Å²) in [5, 5.41) is 6.73. The van der Waals surface area contributed by atoms with Gasteiger partial charge in [-0.15, -0.1) is 0 Å². The number of amides is 2. The molecule has 2 unspecified atom stereocenters. The Morgan fingerprint density at radius 2 is 1.67 bits per heavy atom. The van der Waals surface area contributed by atoms with Crippen LogP contribution in [-0.4, -0.2) is 45.1 Å². The first-order valence-electron chi connectivity index (χ1n) is 11.2. The molecule has 4 bridgehead atoms. The molecule has 1 aromatic heterocycles. The van der Waals surface area contributed by atoms with Gasteiger partial charge in [-0.3, -0.25) is 19.6 Å². The van der Waals surface area contributed by atoms with E-state index in [2.05, 4.69) is 25.6 Å². The van der Waals surface area contributed by atoms with Gasteiger partial charge in [0.05, 0.1) is 12.7 Å². The van der Waals surface area contributed by atoms with E-state index < -0.39 is 0 Å². The lowest BCUT2D eigenvalue weighted by molar-refractivity contribution is -0.124. The van der Waals surface area contributed by atoms with Crippen LogP contribution >= 0.6 is 0 Å². The number of aromatic nitrogens is 2. The molecule has 5 saturated carbocycles. The Labute approximate surface area is 175 Å². The molecule has 2 amide bonds. The van der Waals surface area contributed by atoms with Crippen LogP contribution in [-0.2, 0) is 4.79 Å². The van der Waals surface area contributed by atoms with E-state index in [-0.39, 0.29) is 22.9 Å². The maximum atomic E-state index is 13.1. The Bertz CT molecular complexity index is 951. The third-order valence-corrected chi connectivity index (χ3v) is 7.66. The highest BCUT2D eigenvalue weighted by atomic mass is 16.2. The summed E-state index contributed by atoms with van der Waals surface area (Å²) in [6.45, 7) is 0.509. The fourth-order valence-corrected chi connectivity index (χ4v) is 6.81. The minimum atomic E-state index is -0.258. The molecule has 1 aromatic rings. The van der Waals surface area contributed by atoms with Crippen molar-refractivity contribution in [1.29, 1.82) is 0 Å². The lowest BCUT2D eigenvalue weighted by atomic mass is 9.49. The molecule has 7 rings (SSSR count). The van der Waals surface area contributed by atoms with E-state index in [1.165, 1.54) is 25.5 Å². The van der Waals surface area contributed by atoms with Crippen LogP contribution in [0.2, 0.25) is 0 Å². The van der Waals surface area contributed by atoms with Crippen LogP contribution in [0.25, 0.3) is 0 Å². The second-order valence-electron chi connectivity index (χ2n) is 10.2. The molecule has 0 saturated heterocycles. The first-order valence-corrected chi connectivity index (χ1v) is 11.2. The van der Waals surface area contributed by atoms with Crippen molar-refractivity contribution in [3.05, 3.63) is 35.9 Å².